The topological polar surface area (TPSA) is 32.3 Å². The highest BCUT2D eigenvalue weighted by Crippen LogP contribution is 2.19. The summed E-state index contributed by atoms with van der Waals surface area (Å²) in [4.78, 5) is 12.6. The average Bonchev–Trinajstić information content (AvgIpc) is 2.28. The number of amides is 1. The molecule has 0 spiro atoms. The molecular weight excluding hydrogens is 200 g/mol. The van der Waals surface area contributed by atoms with Gasteiger partial charge in [0.25, 0.3) is 0 Å². The Morgan fingerprint density at radius 2 is 2.12 bits per heavy atom. The molecule has 0 fully saturated rings. The van der Waals surface area contributed by atoms with Gasteiger partial charge in [-0.05, 0) is 31.3 Å². The van der Waals surface area contributed by atoms with E-state index in [2.05, 4.69) is 33.0 Å². The Hall–Kier alpha value is -0.990. The van der Waals surface area contributed by atoms with Crippen LogP contribution in [0.5, 0.6) is 0 Å². The standard InChI is InChI=1S/C13H24N2O/c1-5-12-6-7-15(9-16)8-13(12)14-11(4)10(2)3/h9-11,14H,5-8H2,1-4H3. The first kappa shape index (κ1) is 13.1. The van der Waals surface area contributed by atoms with Gasteiger partial charge in [0.2, 0.25) is 6.41 Å². The lowest BCUT2D eigenvalue weighted by Gasteiger charge is -2.31. The van der Waals surface area contributed by atoms with Gasteiger partial charge in [0.1, 0.15) is 0 Å². The Morgan fingerprint density at radius 1 is 1.44 bits per heavy atom. The average molecular weight is 224 g/mol. The second-order valence-corrected chi connectivity index (χ2v) is 4.94. The molecule has 1 unspecified atom stereocenters. The van der Waals surface area contributed by atoms with E-state index in [1.807, 2.05) is 4.90 Å². The van der Waals surface area contributed by atoms with Crippen molar-refractivity contribution in [2.75, 3.05) is 13.1 Å². The number of rotatable bonds is 5. The monoisotopic (exact) mass is 224 g/mol. The van der Waals surface area contributed by atoms with Gasteiger partial charge in [-0.2, -0.15) is 0 Å². The molecule has 1 N–H and O–H groups in total. The normalized spacial score (nSPS) is 18.9. The molecule has 0 aromatic heterocycles. The first-order valence-corrected chi connectivity index (χ1v) is 6.25. The van der Waals surface area contributed by atoms with Crippen molar-refractivity contribution in [2.45, 2.75) is 46.6 Å². The Kier molecular flexibility index (Phi) is 4.84. The highest BCUT2D eigenvalue weighted by Gasteiger charge is 2.18. The zero-order chi connectivity index (χ0) is 12.1. The molecule has 0 aliphatic carbocycles. The van der Waals surface area contributed by atoms with Crippen LogP contribution >= 0.6 is 0 Å². The summed E-state index contributed by atoms with van der Waals surface area (Å²) >= 11 is 0. The maximum atomic E-state index is 10.8. The van der Waals surface area contributed by atoms with Crippen LogP contribution in [-0.4, -0.2) is 30.4 Å². The Bertz CT molecular complexity index is 271. The van der Waals surface area contributed by atoms with Crippen LogP contribution in [0.4, 0.5) is 0 Å². The van der Waals surface area contributed by atoms with Crippen LogP contribution in [0.3, 0.4) is 0 Å². The van der Waals surface area contributed by atoms with Crippen LogP contribution in [0, 0.1) is 5.92 Å². The van der Waals surface area contributed by atoms with E-state index in [4.69, 9.17) is 0 Å². The molecule has 0 aromatic carbocycles. The van der Waals surface area contributed by atoms with Gasteiger partial charge in [-0.15, -0.1) is 0 Å². The summed E-state index contributed by atoms with van der Waals surface area (Å²) in [6.45, 7) is 10.4. The molecule has 0 saturated carbocycles. The van der Waals surface area contributed by atoms with Gasteiger partial charge in [-0.25, -0.2) is 0 Å². The fourth-order valence-corrected chi connectivity index (χ4v) is 1.89. The lowest BCUT2D eigenvalue weighted by Crippen LogP contribution is -2.40. The van der Waals surface area contributed by atoms with Crippen LogP contribution in [0.15, 0.2) is 11.3 Å². The summed E-state index contributed by atoms with van der Waals surface area (Å²) in [6, 6.07) is 0.461. The van der Waals surface area contributed by atoms with E-state index in [0.29, 0.717) is 12.0 Å². The molecule has 0 radical (unpaired) electrons. The second kappa shape index (κ2) is 5.92. The first-order valence-electron chi connectivity index (χ1n) is 6.25. The molecule has 1 heterocycles. The Morgan fingerprint density at radius 3 is 2.62 bits per heavy atom. The molecule has 1 aliphatic heterocycles. The first-order chi connectivity index (χ1) is 7.58. The minimum absolute atomic E-state index is 0.461. The molecule has 0 bridgehead atoms. The summed E-state index contributed by atoms with van der Waals surface area (Å²) in [6.07, 6.45) is 3.05. The third kappa shape index (κ3) is 3.26. The fraction of sp³-hybridized carbons (Fsp3) is 0.769. The zero-order valence-electron chi connectivity index (χ0n) is 10.9. The zero-order valence-corrected chi connectivity index (χ0v) is 10.9. The summed E-state index contributed by atoms with van der Waals surface area (Å²) in [7, 11) is 0. The van der Waals surface area contributed by atoms with Crippen molar-refractivity contribution in [3.63, 3.8) is 0 Å². The van der Waals surface area contributed by atoms with Crippen LogP contribution in [-0.2, 0) is 4.79 Å². The molecule has 0 aromatic rings. The number of carbonyl (C=O) groups is 1. The lowest BCUT2D eigenvalue weighted by atomic mass is 10.0. The predicted molar refractivity (Wildman–Crippen MR) is 67.0 cm³/mol. The van der Waals surface area contributed by atoms with E-state index in [-0.39, 0.29) is 0 Å². The van der Waals surface area contributed by atoms with Crippen LogP contribution in [0.25, 0.3) is 0 Å². The Balaban J connectivity index is 2.71. The summed E-state index contributed by atoms with van der Waals surface area (Å²) in [5.41, 5.74) is 2.74. The summed E-state index contributed by atoms with van der Waals surface area (Å²) < 4.78 is 0. The smallest absolute Gasteiger partial charge is 0.210 e. The van der Waals surface area contributed by atoms with E-state index < -0.39 is 0 Å². The second-order valence-electron chi connectivity index (χ2n) is 4.94. The van der Waals surface area contributed by atoms with Crippen LogP contribution < -0.4 is 5.32 Å². The van der Waals surface area contributed by atoms with Gasteiger partial charge in [0, 0.05) is 18.3 Å². The third-order valence-electron chi connectivity index (χ3n) is 3.47. The van der Waals surface area contributed by atoms with E-state index >= 15 is 0 Å². The molecule has 3 heteroatoms. The van der Waals surface area contributed by atoms with Crippen molar-refractivity contribution >= 4 is 6.41 Å². The van der Waals surface area contributed by atoms with Crippen molar-refractivity contribution in [3.8, 4) is 0 Å². The number of hydrogen-bond donors (Lipinski definition) is 1. The van der Waals surface area contributed by atoms with Crippen LogP contribution in [0.2, 0.25) is 0 Å². The van der Waals surface area contributed by atoms with Crippen molar-refractivity contribution in [1.82, 2.24) is 10.2 Å². The molecule has 1 atom stereocenters. The van der Waals surface area contributed by atoms with Crippen LogP contribution in [0.1, 0.15) is 40.5 Å². The largest absolute Gasteiger partial charge is 0.384 e. The molecule has 16 heavy (non-hydrogen) atoms. The molecule has 1 amide bonds. The number of nitrogens with zero attached hydrogens (tertiary/aromatic N) is 1. The van der Waals surface area contributed by atoms with E-state index in [1.54, 1.807) is 0 Å². The Labute approximate surface area is 98.9 Å². The quantitative estimate of drug-likeness (QED) is 0.726. The fourth-order valence-electron chi connectivity index (χ4n) is 1.89. The number of hydrogen-bond acceptors (Lipinski definition) is 2. The van der Waals surface area contributed by atoms with Gasteiger partial charge in [-0.1, -0.05) is 20.8 Å². The highest BCUT2D eigenvalue weighted by molar-refractivity contribution is 5.49. The molecule has 92 valence electrons. The minimum Gasteiger partial charge on any atom is -0.384 e. The SMILES string of the molecule is CCC1=C(NC(C)C(C)C)CN(C=O)CC1. The van der Waals surface area contributed by atoms with E-state index in [9.17, 15) is 4.79 Å². The van der Waals surface area contributed by atoms with Gasteiger partial charge in [-0.3, -0.25) is 4.79 Å². The van der Waals surface area contributed by atoms with E-state index in [0.717, 1.165) is 32.3 Å². The number of carbonyl (C=O) groups excluding carboxylic acids is 1. The van der Waals surface area contributed by atoms with E-state index in [1.165, 1.54) is 11.3 Å². The van der Waals surface area contributed by atoms with Crippen molar-refractivity contribution < 1.29 is 4.79 Å². The minimum atomic E-state index is 0.461. The lowest BCUT2D eigenvalue weighted by molar-refractivity contribution is -0.118. The molecule has 1 aliphatic rings. The molecule has 3 nitrogen and oxygen atoms in total. The molecule has 0 saturated heterocycles. The maximum absolute atomic E-state index is 10.8. The predicted octanol–water partition coefficient (Wildman–Crippen LogP) is 2.15. The van der Waals surface area contributed by atoms with Gasteiger partial charge < -0.3 is 10.2 Å². The maximum Gasteiger partial charge on any atom is 0.210 e. The van der Waals surface area contributed by atoms with Crippen molar-refractivity contribution in [1.29, 1.82) is 0 Å². The van der Waals surface area contributed by atoms with Gasteiger partial charge in [0.05, 0.1) is 6.54 Å². The van der Waals surface area contributed by atoms with Crippen molar-refractivity contribution in [3.05, 3.63) is 11.3 Å². The highest BCUT2D eigenvalue weighted by atomic mass is 16.1. The van der Waals surface area contributed by atoms with Crippen molar-refractivity contribution in [2.24, 2.45) is 5.92 Å². The van der Waals surface area contributed by atoms with Gasteiger partial charge >= 0.3 is 0 Å². The molecular formula is C13H24N2O. The summed E-state index contributed by atoms with van der Waals surface area (Å²) in [5, 5.41) is 3.56. The molecule has 1 rings (SSSR count). The number of nitrogens with one attached hydrogen (secondary N) is 1. The third-order valence-corrected chi connectivity index (χ3v) is 3.47. The van der Waals surface area contributed by atoms with Gasteiger partial charge in [0.15, 0.2) is 0 Å². The summed E-state index contributed by atoms with van der Waals surface area (Å²) in [5.74, 6) is 0.609.